The lowest BCUT2D eigenvalue weighted by Gasteiger charge is -2.17. The second-order valence-electron chi connectivity index (χ2n) is 8.31. The number of para-hydroxylation sites is 1. The standard InChI is InChI=1S/C28H20N2O3/c1-29-27(32)20-11-7-13-24(25(20)28(29)33)30-22-12-6-5-10-19(22)21-16-18(14-15-23(21)30)26(31)17-8-3-2-4-9-17/h2-16,28,33H,1H3. The van der Waals surface area contributed by atoms with Crippen LogP contribution in [0.15, 0.2) is 91.0 Å². The van der Waals surface area contributed by atoms with Gasteiger partial charge in [-0.3, -0.25) is 9.59 Å². The zero-order valence-electron chi connectivity index (χ0n) is 17.9. The van der Waals surface area contributed by atoms with Gasteiger partial charge in [0.05, 0.1) is 16.7 Å². The van der Waals surface area contributed by atoms with Crippen molar-refractivity contribution in [1.29, 1.82) is 0 Å². The minimum absolute atomic E-state index is 0.0300. The summed E-state index contributed by atoms with van der Waals surface area (Å²) in [5, 5.41) is 12.8. The lowest BCUT2D eigenvalue weighted by molar-refractivity contribution is 0.0302. The van der Waals surface area contributed by atoms with E-state index in [0.29, 0.717) is 22.3 Å². The monoisotopic (exact) mass is 432 g/mol. The van der Waals surface area contributed by atoms with E-state index in [1.807, 2.05) is 84.9 Å². The molecule has 5 nitrogen and oxygen atoms in total. The summed E-state index contributed by atoms with van der Waals surface area (Å²) in [6.07, 6.45) is -1.01. The molecule has 0 saturated heterocycles. The van der Waals surface area contributed by atoms with Gasteiger partial charge in [-0.2, -0.15) is 0 Å². The lowest BCUT2D eigenvalue weighted by atomic mass is 10.0. The Morgan fingerprint density at radius 3 is 2.33 bits per heavy atom. The highest BCUT2D eigenvalue weighted by Crippen LogP contribution is 2.39. The van der Waals surface area contributed by atoms with Crippen molar-refractivity contribution in [2.75, 3.05) is 7.05 Å². The first-order valence-electron chi connectivity index (χ1n) is 10.8. The molecule has 0 bridgehead atoms. The van der Waals surface area contributed by atoms with Gasteiger partial charge in [-0.25, -0.2) is 0 Å². The molecule has 1 atom stereocenters. The first-order valence-corrected chi connectivity index (χ1v) is 10.8. The highest BCUT2D eigenvalue weighted by molar-refractivity contribution is 6.15. The quantitative estimate of drug-likeness (QED) is 0.404. The highest BCUT2D eigenvalue weighted by atomic mass is 16.3. The molecule has 2 heterocycles. The number of fused-ring (bicyclic) bond motifs is 4. The van der Waals surface area contributed by atoms with Crippen LogP contribution in [0.3, 0.4) is 0 Å². The third kappa shape index (κ3) is 2.76. The molecule has 0 fully saturated rings. The molecule has 5 aromatic rings. The molecule has 160 valence electrons. The Hall–Kier alpha value is -4.22. The fourth-order valence-corrected chi connectivity index (χ4v) is 4.83. The van der Waals surface area contributed by atoms with Crippen LogP contribution >= 0.6 is 0 Å². The minimum atomic E-state index is -1.01. The number of rotatable bonds is 3. The number of benzene rings is 4. The lowest BCUT2D eigenvalue weighted by Crippen LogP contribution is -2.22. The Morgan fingerprint density at radius 2 is 1.52 bits per heavy atom. The first kappa shape index (κ1) is 19.5. The zero-order chi connectivity index (χ0) is 22.7. The predicted molar refractivity (Wildman–Crippen MR) is 128 cm³/mol. The SMILES string of the molecule is CN1C(=O)c2cccc(-n3c4ccccc4c4cc(C(=O)c5ccccc5)ccc43)c2C1O. The fourth-order valence-electron chi connectivity index (χ4n) is 4.83. The Labute approximate surface area is 190 Å². The first-order chi connectivity index (χ1) is 16.1. The number of carbonyl (C=O) groups excluding carboxylic acids is 2. The van der Waals surface area contributed by atoms with E-state index in [9.17, 15) is 14.7 Å². The molecule has 1 aliphatic rings. The topological polar surface area (TPSA) is 62.5 Å². The minimum Gasteiger partial charge on any atom is -0.369 e. The van der Waals surface area contributed by atoms with E-state index in [0.717, 1.165) is 27.5 Å². The van der Waals surface area contributed by atoms with Gasteiger partial charge in [0.1, 0.15) is 0 Å². The van der Waals surface area contributed by atoms with E-state index in [4.69, 9.17) is 0 Å². The fraction of sp³-hybridized carbons (Fsp3) is 0.0714. The molecule has 1 aliphatic heterocycles. The van der Waals surface area contributed by atoms with E-state index in [1.165, 1.54) is 4.90 Å². The summed E-state index contributed by atoms with van der Waals surface area (Å²) in [5.74, 6) is -0.228. The van der Waals surface area contributed by atoms with E-state index < -0.39 is 6.23 Å². The molecule has 6 rings (SSSR count). The molecule has 33 heavy (non-hydrogen) atoms. The van der Waals surface area contributed by atoms with Crippen molar-refractivity contribution in [3.63, 3.8) is 0 Å². The Kier molecular flexibility index (Phi) is 4.22. The van der Waals surface area contributed by atoms with Gasteiger partial charge in [-0.05, 0) is 36.4 Å². The van der Waals surface area contributed by atoms with Gasteiger partial charge in [-0.15, -0.1) is 0 Å². The predicted octanol–water partition coefficient (Wildman–Crippen LogP) is 5.09. The van der Waals surface area contributed by atoms with Crippen molar-refractivity contribution >= 4 is 33.5 Å². The van der Waals surface area contributed by atoms with Gasteiger partial charge in [0.25, 0.3) is 5.91 Å². The Bertz CT molecular complexity index is 1580. The number of aliphatic hydroxyl groups excluding tert-OH is 1. The third-order valence-corrected chi connectivity index (χ3v) is 6.47. The number of ketones is 1. The van der Waals surface area contributed by atoms with Crippen LogP contribution in [0.2, 0.25) is 0 Å². The van der Waals surface area contributed by atoms with Crippen LogP contribution < -0.4 is 0 Å². The molecule has 0 radical (unpaired) electrons. The molecule has 1 amide bonds. The summed E-state index contributed by atoms with van der Waals surface area (Å²) >= 11 is 0. The average molecular weight is 432 g/mol. The number of hydrogen-bond acceptors (Lipinski definition) is 3. The van der Waals surface area contributed by atoms with Crippen molar-refractivity contribution in [1.82, 2.24) is 9.47 Å². The van der Waals surface area contributed by atoms with Gasteiger partial charge in [0.2, 0.25) is 0 Å². The van der Waals surface area contributed by atoms with Crippen molar-refractivity contribution in [3.05, 3.63) is 113 Å². The number of hydrogen-bond donors (Lipinski definition) is 1. The summed E-state index contributed by atoms with van der Waals surface area (Å²) in [6.45, 7) is 0. The van der Waals surface area contributed by atoms with Crippen LogP contribution in [0.5, 0.6) is 0 Å². The van der Waals surface area contributed by atoms with Crippen LogP contribution in [0.25, 0.3) is 27.5 Å². The van der Waals surface area contributed by atoms with Crippen LogP contribution in [0.1, 0.15) is 38.1 Å². The number of nitrogens with zero attached hydrogens (tertiary/aromatic N) is 2. The second-order valence-corrected chi connectivity index (χ2v) is 8.31. The normalized spacial score (nSPS) is 15.4. The molecule has 0 spiro atoms. The number of aliphatic hydroxyl groups is 1. The Balaban J connectivity index is 1.63. The molecule has 0 saturated carbocycles. The summed E-state index contributed by atoms with van der Waals surface area (Å²) < 4.78 is 2.07. The third-order valence-electron chi connectivity index (χ3n) is 6.47. The van der Waals surface area contributed by atoms with E-state index >= 15 is 0 Å². The largest absolute Gasteiger partial charge is 0.369 e. The smallest absolute Gasteiger partial charge is 0.256 e. The van der Waals surface area contributed by atoms with Crippen molar-refractivity contribution in [2.24, 2.45) is 0 Å². The highest BCUT2D eigenvalue weighted by Gasteiger charge is 2.35. The van der Waals surface area contributed by atoms with Gasteiger partial charge in [-0.1, -0.05) is 54.6 Å². The number of carbonyl (C=O) groups is 2. The van der Waals surface area contributed by atoms with Crippen LogP contribution in [-0.4, -0.2) is 33.3 Å². The Morgan fingerprint density at radius 1 is 0.788 bits per heavy atom. The zero-order valence-corrected chi connectivity index (χ0v) is 17.9. The molecule has 1 unspecified atom stereocenters. The van der Waals surface area contributed by atoms with Crippen LogP contribution in [0, 0.1) is 0 Å². The van der Waals surface area contributed by atoms with Crippen LogP contribution in [-0.2, 0) is 0 Å². The maximum absolute atomic E-state index is 13.1. The number of amides is 1. The molecular weight excluding hydrogens is 412 g/mol. The van der Waals surface area contributed by atoms with Gasteiger partial charge in [0, 0.05) is 40.1 Å². The average Bonchev–Trinajstić information content (AvgIpc) is 3.31. The summed E-state index contributed by atoms with van der Waals surface area (Å²) in [7, 11) is 1.60. The molecule has 4 aromatic carbocycles. The maximum atomic E-state index is 13.1. The number of aromatic nitrogens is 1. The summed E-state index contributed by atoms with van der Waals surface area (Å²) in [4.78, 5) is 27.1. The summed E-state index contributed by atoms with van der Waals surface area (Å²) in [6, 6.07) is 28.4. The van der Waals surface area contributed by atoms with Crippen molar-refractivity contribution < 1.29 is 14.7 Å². The molecule has 1 N–H and O–H groups in total. The summed E-state index contributed by atoms with van der Waals surface area (Å²) in [5.41, 5.74) is 4.96. The van der Waals surface area contributed by atoms with E-state index in [-0.39, 0.29) is 11.7 Å². The molecule has 5 heteroatoms. The molecular formula is C28H20N2O3. The van der Waals surface area contributed by atoms with Gasteiger partial charge < -0.3 is 14.6 Å². The maximum Gasteiger partial charge on any atom is 0.256 e. The van der Waals surface area contributed by atoms with Gasteiger partial charge in [0.15, 0.2) is 12.0 Å². The second kappa shape index (κ2) is 7.15. The van der Waals surface area contributed by atoms with Crippen molar-refractivity contribution in [3.8, 4) is 5.69 Å². The van der Waals surface area contributed by atoms with E-state index in [2.05, 4.69) is 4.57 Å². The van der Waals surface area contributed by atoms with E-state index in [1.54, 1.807) is 13.1 Å². The van der Waals surface area contributed by atoms with Crippen LogP contribution in [0.4, 0.5) is 0 Å². The van der Waals surface area contributed by atoms with Crippen molar-refractivity contribution in [2.45, 2.75) is 6.23 Å². The van der Waals surface area contributed by atoms with Gasteiger partial charge >= 0.3 is 0 Å². The molecule has 0 aliphatic carbocycles. The molecule has 1 aromatic heterocycles.